The lowest BCUT2D eigenvalue weighted by molar-refractivity contribution is 0.0695. The highest BCUT2D eigenvalue weighted by Crippen LogP contribution is 2.25. The second kappa shape index (κ2) is 5.89. The maximum atomic E-state index is 12.5. The third kappa shape index (κ3) is 2.95. The minimum atomic E-state index is 0.165. The van der Waals surface area contributed by atoms with Gasteiger partial charge in [-0.05, 0) is 37.5 Å². The fourth-order valence-electron chi connectivity index (χ4n) is 2.73. The third-order valence-electron chi connectivity index (χ3n) is 3.98. The van der Waals surface area contributed by atoms with Crippen LogP contribution in [0.25, 0.3) is 0 Å². The van der Waals surface area contributed by atoms with Crippen LogP contribution in [0.1, 0.15) is 40.4 Å². The zero-order valence-electron chi connectivity index (χ0n) is 12.2. The lowest BCUT2D eigenvalue weighted by Crippen LogP contribution is -2.38. The lowest BCUT2D eigenvalue weighted by atomic mass is 10.1. The molecular weight excluding hydrogens is 284 g/mol. The third-order valence-corrected chi connectivity index (χ3v) is 5.19. The molecule has 1 aliphatic heterocycles. The summed E-state index contributed by atoms with van der Waals surface area (Å²) in [6.07, 6.45) is 4.77. The van der Waals surface area contributed by atoms with E-state index in [1.807, 2.05) is 27.9 Å². The molecule has 0 saturated carbocycles. The van der Waals surface area contributed by atoms with Gasteiger partial charge in [-0.1, -0.05) is 6.92 Å². The Kier molecular flexibility index (Phi) is 3.96. The molecule has 0 atom stereocenters. The molecule has 0 unspecified atom stereocenters. The molecule has 0 radical (unpaired) electrons. The van der Waals surface area contributed by atoms with Crippen LogP contribution in [-0.2, 0) is 6.42 Å². The first kappa shape index (κ1) is 14.1. The van der Waals surface area contributed by atoms with E-state index in [2.05, 4.69) is 18.1 Å². The summed E-state index contributed by atoms with van der Waals surface area (Å²) in [5, 5.41) is 4.27. The zero-order chi connectivity index (χ0) is 14.8. The van der Waals surface area contributed by atoms with Crippen molar-refractivity contribution in [2.75, 3.05) is 18.8 Å². The highest BCUT2D eigenvalue weighted by atomic mass is 32.1. The zero-order valence-corrected chi connectivity index (χ0v) is 13.0. The van der Waals surface area contributed by atoms with E-state index >= 15 is 0 Å². The van der Waals surface area contributed by atoms with Crippen LogP contribution in [0.5, 0.6) is 0 Å². The van der Waals surface area contributed by atoms with Crippen molar-refractivity contribution in [2.24, 2.45) is 0 Å². The number of likely N-dealkylation sites (tertiary alicyclic amines) is 1. The first-order valence-electron chi connectivity index (χ1n) is 7.36. The Morgan fingerprint density at radius 3 is 2.71 bits per heavy atom. The molecule has 0 aliphatic carbocycles. The van der Waals surface area contributed by atoms with E-state index < -0.39 is 0 Å². The number of carbonyl (C=O) groups excluding carboxylic acids is 1. The molecule has 2 N–H and O–H groups in total. The number of nitrogens with two attached hydrogens (primary N) is 1. The number of thiophene rings is 1. The quantitative estimate of drug-likeness (QED) is 0.948. The van der Waals surface area contributed by atoms with Crippen molar-refractivity contribution in [1.82, 2.24) is 14.7 Å². The summed E-state index contributed by atoms with van der Waals surface area (Å²) in [5.74, 6) is 0.720. The van der Waals surface area contributed by atoms with Crippen LogP contribution in [0.4, 0.5) is 5.82 Å². The van der Waals surface area contributed by atoms with Gasteiger partial charge in [0.05, 0.1) is 10.9 Å². The molecule has 1 fully saturated rings. The van der Waals surface area contributed by atoms with Crippen LogP contribution in [0, 0.1) is 0 Å². The smallest absolute Gasteiger partial charge is 0.263 e. The Morgan fingerprint density at radius 2 is 2.14 bits per heavy atom. The topological polar surface area (TPSA) is 64.2 Å². The van der Waals surface area contributed by atoms with E-state index in [0.29, 0.717) is 11.9 Å². The maximum Gasteiger partial charge on any atom is 0.263 e. The standard InChI is InChI=1S/C15H20N4OS/c1-2-12-3-4-13(21-12)15(20)18-8-5-11(6-9-18)19-10-7-14(16)17-19/h3-4,7,10-11H,2,5-6,8-9H2,1H3,(H2,16,17). The number of nitrogen functional groups attached to an aromatic ring is 1. The SMILES string of the molecule is CCc1ccc(C(=O)N2CCC(n3ccc(N)n3)CC2)s1. The molecule has 5 nitrogen and oxygen atoms in total. The first-order valence-corrected chi connectivity index (χ1v) is 8.17. The molecule has 0 aromatic carbocycles. The number of aryl methyl sites for hydroxylation is 1. The van der Waals surface area contributed by atoms with E-state index in [9.17, 15) is 4.79 Å². The lowest BCUT2D eigenvalue weighted by Gasteiger charge is -2.31. The van der Waals surface area contributed by atoms with Gasteiger partial charge >= 0.3 is 0 Å². The normalized spacial score (nSPS) is 16.3. The fraction of sp³-hybridized carbons (Fsp3) is 0.467. The minimum Gasteiger partial charge on any atom is -0.382 e. The van der Waals surface area contributed by atoms with E-state index in [4.69, 9.17) is 5.73 Å². The van der Waals surface area contributed by atoms with Crippen LogP contribution in [0.15, 0.2) is 24.4 Å². The number of rotatable bonds is 3. The van der Waals surface area contributed by atoms with Gasteiger partial charge in [-0.25, -0.2) is 0 Å². The van der Waals surface area contributed by atoms with Gasteiger partial charge in [-0.3, -0.25) is 9.48 Å². The van der Waals surface area contributed by atoms with Gasteiger partial charge in [0.25, 0.3) is 5.91 Å². The maximum absolute atomic E-state index is 12.5. The fourth-order valence-corrected chi connectivity index (χ4v) is 3.64. The highest BCUT2D eigenvalue weighted by Gasteiger charge is 2.25. The molecule has 6 heteroatoms. The number of hydrogen-bond acceptors (Lipinski definition) is 4. The summed E-state index contributed by atoms with van der Waals surface area (Å²) in [7, 11) is 0. The van der Waals surface area contributed by atoms with Gasteiger partial charge in [0.15, 0.2) is 0 Å². The van der Waals surface area contributed by atoms with Crippen LogP contribution in [0.2, 0.25) is 0 Å². The van der Waals surface area contributed by atoms with Gasteiger partial charge in [-0.2, -0.15) is 5.10 Å². The summed E-state index contributed by atoms with van der Waals surface area (Å²) < 4.78 is 1.93. The van der Waals surface area contributed by atoms with Gasteiger partial charge in [-0.15, -0.1) is 11.3 Å². The van der Waals surface area contributed by atoms with Crippen LogP contribution in [0.3, 0.4) is 0 Å². The predicted molar refractivity (Wildman–Crippen MR) is 84.5 cm³/mol. The van der Waals surface area contributed by atoms with E-state index in [1.165, 1.54) is 4.88 Å². The summed E-state index contributed by atoms with van der Waals surface area (Å²) >= 11 is 1.61. The number of nitrogens with zero attached hydrogens (tertiary/aromatic N) is 3. The number of amides is 1. The Morgan fingerprint density at radius 1 is 1.38 bits per heavy atom. The molecule has 2 aromatic heterocycles. The Hall–Kier alpha value is -1.82. The second-order valence-corrected chi connectivity index (χ2v) is 6.53. The molecule has 112 valence electrons. The van der Waals surface area contributed by atoms with Crippen LogP contribution < -0.4 is 5.73 Å². The molecule has 21 heavy (non-hydrogen) atoms. The molecule has 3 rings (SSSR count). The van der Waals surface area contributed by atoms with E-state index in [-0.39, 0.29) is 5.91 Å². The number of piperidine rings is 1. The Balaban J connectivity index is 1.61. The number of aromatic nitrogens is 2. The average Bonchev–Trinajstić information content (AvgIpc) is 3.15. The number of anilines is 1. The molecular formula is C15H20N4OS. The van der Waals surface area contributed by atoms with Crippen molar-refractivity contribution in [3.63, 3.8) is 0 Å². The molecule has 3 heterocycles. The average molecular weight is 304 g/mol. The van der Waals surface area contributed by atoms with Gasteiger partial charge < -0.3 is 10.6 Å². The summed E-state index contributed by atoms with van der Waals surface area (Å²) in [6, 6.07) is 6.17. The molecule has 2 aromatic rings. The van der Waals surface area contributed by atoms with Crippen molar-refractivity contribution in [2.45, 2.75) is 32.2 Å². The van der Waals surface area contributed by atoms with Gasteiger partial charge in [0, 0.05) is 24.2 Å². The summed E-state index contributed by atoms with van der Waals surface area (Å²) in [4.78, 5) is 16.5. The predicted octanol–water partition coefficient (Wildman–Crippen LogP) is 2.57. The van der Waals surface area contributed by atoms with Crippen molar-refractivity contribution in [1.29, 1.82) is 0 Å². The van der Waals surface area contributed by atoms with Crippen molar-refractivity contribution >= 4 is 23.1 Å². The van der Waals surface area contributed by atoms with Crippen molar-refractivity contribution < 1.29 is 4.79 Å². The van der Waals surface area contributed by atoms with E-state index in [1.54, 1.807) is 11.3 Å². The van der Waals surface area contributed by atoms with Crippen LogP contribution >= 0.6 is 11.3 Å². The van der Waals surface area contributed by atoms with Crippen LogP contribution in [-0.4, -0.2) is 33.7 Å². The molecule has 0 bridgehead atoms. The van der Waals surface area contributed by atoms with Crippen molar-refractivity contribution in [3.8, 4) is 0 Å². The van der Waals surface area contributed by atoms with E-state index in [0.717, 1.165) is 37.2 Å². The second-order valence-electron chi connectivity index (χ2n) is 5.36. The monoisotopic (exact) mass is 304 g/mol. The molecule has 1 aliphatic rings. The highest BCUT2D eigenvalue weighted by molar-refractivity contribution is 7.14. The van der Waals surface area contributed by atoms with Gasteiger partial charge in [0.1, 0.15) is 5.82 Å². The molecule has 1 amide bonds. The molecule has 1 saturated heterocycles. The van der Waals surface area contributed by atoms with Crippen molar-refractivity contribution in [3.05, 3.63) is 34.2 Å². The van der Waals surface area contributed by atoms with Gasteiger partial charge in [0.2, 0.25) is 0 Å². The summed E-state index contributed by atoms with van der Waals surface area (Å²) in [6.45, 7) is 3.67. The largest absolute Gasteiger partial charge is 0.382 e. The number of carbonyl (C=O) groups is 1. The minimum absolute atomic E-state index is 0.165. The molecule has 0 spiro atoms. The summed E-state index contributed by atoms with van der Waals surface area (Å²) in [5.41, 5.74) is 5.66. The first-order chi connectivity index (χ1) is 10.2. The Bertz CT molecular complexity index is 625. The Labute approximate surface area is 128 Å². The number of hydrogen-bond donors (Lipinski definition) is 1.